The summed E-state index contributed by atoms with van der Waals surface area (Å²) in [6, 6.07) is 0. The molecule has 0 aromatic heterocycles. The summed E-state index contributed by atoms with van der Waals surface area (Å²) < 4.78 is 9.32. The summed E-state index contributed by atoms with van der Waals surface area (Å²) in [5, 5.41) is 13.2. The lowest BCUT2D eigenvalue weighted by Crippen LogP contribution is -2.32. The number of carbonyl (C=O) groups excluding carboxylic acids is 1. The molecule has 0 atom stereocenters. The van der Waals surface area contributed by atoms with Gasteiger partial charge in [0.2, 0.25) is 0 Å². The number of hydrogen-bond acceptors (Lipinski definition) is 3. The molecule has 81 valence electrons. The number of hydrogen-bond donors (Lipinski definition) is 1. The molecular formula is C9H16NO4. The maximum Gasteiger partial charge on any atom is 0.412 e. The Bertz CT molecular complexity index is 240. The topological polar surface area (TPSA) is 67.5 Å². The van der Waals surface area contributed by atoms with Gasteiger partial charge in [0.25, 0.3) is 0 Å². The van der Waals surface area contributed by atoms with E-state index in [-0.39, 0.29) is 5.70 Å². The van der Waals surface area contributed by atoms with Gasteiger partial charge >= 0.3 is 12.0 Å². The van der Waals surface area contributed by atoms with Crippen LogP contribution in [0.25, 0.3) is 0 Å². The molecular weight excluding hydrogens is 186 g/mol. The maximum absolute atomic E-state index is 11.1. The number of ether oxygens (including phenoxy) is 2. The summed E-state index contributed by atoms with van der Waals surface area (Å²) >= 11 is 0. The average molecular weight is 202 g/mol. The summed E-state index contributed by atoms with van der Waals surface area (Å²) in [4.78, 5) is 11.1. The highest BCUT2D eigenvalue weighted by Gasteiger charge is 2.17. The van der Waals surface area contributed by atoms with E-state index in [1.54, 1.807) is 20.8 Å². The molecule has 0 unspecified atom stereocenters. The maximum atomic E-state index is 11.1. The number of methoxy groups -OCH3 is 1. The normalized spacial score (nSPS) is 12.9. The molecule has 0 aliphatic heterocycles. The Morgan fingerprint density at radius 1 is 1.29 bits per heavy atom. The highest BCUT2D eigenvalue weighted by molar-refractivity contribution is 5.69. The Morgan fingerprint density at radius 2 is 1.79 bits per heavy atom. The smallest absolute Gasteiger partial charge is 0.412 e. The van der Waals surface area contributed by atoms with Crippen molar-refractivity contribution in [2.75, 3.05) is 7.11 Å². The standard InChI is InChI=1S/C9H16NO4/c1-6(7(11)13-5)10-8(12)14-9(2,3)4/h1-5H3,(H,10,12). The van der Waals surface area contributed by atoms with E-state index in [4.69, 9.17) is 4.74 Å². The lowest BCUT2D eigenvalue weighted by Gasteiger charge is -2.19. The summed E-state index contributed by atoms with van der Waals surface area (Å²) in [7, 11) is 1.24. The van der Waals surface area contributed by atoms with Crippen molar-refractivity contribution in [1.29, 1.82) is 0 Å². The van der Waals surface area contributed by atoms with E-state index in [1.165, 1.54) is 14.0 Å². The van der Waals surface area contributed by atoms with Gasteiger partial charge in [-0.25, -0.2) is 9.90 Å². The van der Waals surface area contributed by atoms with E-state index in [1.807, 2.05) is 0 Å². The molecule has 0 fully saturated rings. The Morgan fingerprint density at radius 3 is 2.14 bits per heavy atom. The zero-order valence-corrected chi connectivity index (χ0v) is 9.13. The van der Waals surface area contributed by atoms with Crippen LogP contribution in [-0.4, -0.2) is 18.8 Å². The van der Waals surface area contributed by atoms with Gasteiger partial charge in [-0.15, -0.1) is 0 Å². The van der Waals surface area contributed by atoms with Crippen molar-refractivity contribution in [2.45, 2.75) is 33.3 Å². The average Bonchev–Trinajstić information content (AvgIpc) is 1.99. The predicted octanol–water partition coefficient (Wildman–Crippen LogP) is 1.78. The van der Waals surface area contributed by atoms with Crippen LogP contribution in [0.1, 0.15) is 27.7 Å². The molecule has 0 spiro atoms. The molecule has 1 N–H and O–H groups in total. The second-order valence-electron chi connectivity index (χ2n) is 3.74. The van der Waals surface area contributed by atoms with Crippen molar-refractivity contribution in [1.82, 2.24) is 5.32 Å². The summed E-state index contributed by atoms with van der Waals surface area (Å²) in [5.74, 6) is -0.587. The van der Waals surface area contributed by atoms with E-state index in [2.05, 4.69) is 10.1 Å². The van der Waals surface area contributed by atoms with Crippen molar-refractivity contribution in [3.05, 3.63) is 11.6 Å². The first-order valence-electron chi connectivity index (χ1n) is 4.18. The zero-order valence-electron chi connectivity index (χ0n) is 9.13. The molecule has 1 radical (unpaired) electrons. The van der Waals surface area contributed by atoms with Gasteiger partial charge in [0, 0.05) is 0 Å². The summed E-state index contributed by atoms with van der Waals surface area (Å²) in [6.45, 7) is 6.65. The predicted molar refractivity (Wildman–Crippen MR) is 49.8 cm³/mol. The molecule has 5 heteroatoms. The lowest BCUT2D eigenvalue weighted by atomic mass is 10.2. The third-order valence-corrected chi connectivity index (χ3v) is 1.18. The van der Waals surface area contributed by atoms with Gasteiger partial charge in [0.1, 0.15) is 11.3 Å². The molecule has 0 heterocycles. The van der Waals surface area contributed by atoms with Gasteiger partial charge in [-0.2, -0.15) is 0 Å². The Hall–Kier alpha value is -1.39. The van der Waals surface area contributed by atoms with Crippen LogP contribution in [0, 0.1) is 0 Å². The van der Waals surface area contributed by atoms with Gasteiger partial charge < -0.3 is 9.47 Å². The van der Waals surface area contributed by atoms with Crippen LogP contribution >= 0.6 is 0 Å². The van der Waals surface area contributed by atoms with Crippen molar-refractivity contribution in [3.8, 4) is 0 Å². The van der Waals surface area contributed by atoms with Crippen LogP contribution < -0.4 is 5.32 Å². The fourth-order valence-corrected chi connectivity index (χ4v) is 0.661. The number of nitrogens with one attached hydrogen (secondary N) is 1. The molecule has 5 nitrogen and oxygen atoms in total. The van der Waals surface area contributed by atoms with Crippen molar-refractivity contribution >= 4 is 6.09 Å². The van der Waals surface area contributed by atoms with Gasteiger partial charge in [0.15, 0.2) is 0 Å². The second kappa shape index (κ2) is 4.74. The van der Waals surface area contributed by atoms with Crippen molar-refractivity contribution in [2.24, 2.45) is 0 Å². The minimum absolute atomic E-state index is 0.0988. The van der Waals surface area contributed by atoms with Crippen LogP contribution in [0.5, 0.6) is 0 Å². The minimum atomic E-state index is -0.666. The molecule has 0 aromatic carbocycles. The Balaban J connectivity index is 4.21. The van der Waals surface area contributed by atoms with Gasteiger partial charge in [0.05, 0.1) is 7.11 Å². The number of amides is 1. The van der Waals surface area contributed by atoms with Gasteiger partial charge in [-0.1, -0.05) is 0 Å². The quantitative estimate of drug-likeness (QED) is 0.694. The molecule has 1 amide bonds. The van der Waals surface area contributed by atoms with E-state index in [9.17, 15) is 9.90 Å². The summed E-state index contributed by atoms with van der Waals surface area (Å²) in [5.41, 5.74) is -0.484. The number of alkyl carbamates (subject to hydrolysis) is 1. The number of allylic oxidation sites excluding steroid dienone is 1. The van der Waals surface area contributed by atoms with Crippen LogP contribution in [0.4, 0.5) is 4.79 Å². The molecule has 0 rings (SSSR count). The fourth-order valence-electron chi connectivity index (χ4n) is 0.661. The summed E-state index contributed by atoms with van der Waals surface area (Å²) in [6.07, 6.45) is -0.666. The third kappa shape index (κ3) is 5.29. The van der Waals surface area contributed by atoms with Crippen LogP contribution in [0.3, 0.4) is 0 Å². The first-order valence-corrected chi connectivity index (χ1v) is 4.18. The second-order valence-corrected chi connectivity index (χ2v) is 3.74. The molecule has 0 aromatic rings. The molecule has 0 saturated heterocycles. The molecule has 0 aliphatic rings. The Labute approximate surface area is 83.7 Å². The van der Waals surface area contributed by atoms with Crippen LogP contribution in [0.2, 0.25) is 0 Å². The van der Waals surface area contributed by atoms with E-state index in [0.29, 0.717) is 0 Å². The van der Waals surface area contributed by atoms with Crippen molar-refractivity contribution in [3.63, 3.8) is 0 Å². The van der Waals surface area contributed by atoms with Gasteiger partial charge in [-0.05, 0) is 27.7 Å². The van der Waals surface area contributed by atoms with Crippen LogP contribution in [0.15, 0.2) is 11.6 Å². The van der Waals surface area contributed by atoms with Crippen LogP contribution in [-0.2, 0) is 14.6 Å². The van der Waals surface area contributed by atoms with Crippen molar-refractivity contribution < 1.29 is 19.4 Å². The largest absolute Gasteiger partial charge is 0.465 e. The monoisotopic (exact) mass is 202 g/mol. The Kier molecular flexibility index (Phi) is 4.27. The molecule has 0 aliphatic carbocycles. The van der Waals surface area contributed by atoms with E-state index < -0.39 is 17.6 Å². The first kappa shape index (κ1) is 12.6. The highest BCUT2D eigenvalue weighted by Crippen LogP contribution is 2.07. The lowest BCUT2D eigenvalue weighted by molar-refractivity contribution is 0.0502. The number of rotatable bonds is 2. The zero-order chi connectivity index (χ0) is 11.4. The molecule has 0 saturated carbocycles. The minimum Gasteiger partial charge on any atom is -0.465 e. The van der Waals surface area contributed by atoms with E-state index in [0.717, 1.165) is 0 Å². The fraction of sp³-hybridized carbons (Fsp3) is 0.667. The number of carbonyl (C=O) groups is 1. The molecule has 0 bridgehead atoms. The molecule has 14 heavy (non-hydrogen) atoms. The van der Waals surface area contributed by atoms with E-state index >= 15 is 0 Å². The third-order valence-electron chi connectivity index (χ3n) is 1.18. The van der Waals surface area contributed by atoms with Gasteiger partial charge in [-0.3, -0.25) is 5.32 Å². The first-order chi connectivity index (χ1) is 6.26. The highest BCUT2D eigenvalue weighted by atomic mass is 16.6. The SMILES string of the molecule is COC([O])=C(C)NC(=O)OC(C)(C)C.